The first-order valence-corrected chi connectivity index (χ1v) is 3.85. The van der Waals surface area contributed by atoms with Crippen molar-refractivity contribution in [3.63, 3.8) is 0 Å². The molecule has 2 heterocycles. The fourth-order valence-corrected chi connectivity index (χ4v) is 1.36. The molecule has 0 aliphatic carbocycles. The number of hydrogen-bond acceptors (Lipinski definition) is 1. The molecule has 0 amide bonds. The van der Waals surface area contributed by atoms with Gasteiger partial charge in [-0.1, -0.05) is 11.6 Å². The van der Waals surface area contributed by atoms with Crippen LogP contribution in [0.2, 0.25) is 5.15 Å². The van der Waals surface area contributed by atoms with Crippen molar-refractivity contribution in [2.24, 2.45) is 0 Å². The molecule has 12 heavy (non-hydrogen) atoms. The largest absolute Gasteiger partial charge is 0.360 e. The lowest BCUT2D eigenvalue weighted by Crippen LogP contribution is -1.84. The topological polar surface area (TPSA) is 28.7 Å². The van der Waals surface area contributed by atoms with E-state index in [9.17, 15) is 4.39 Å². The first kappa shape index (κ1) is 7.55. The van der Waals surface area contributed by atoms with Crippen LogP contribution in [-0.2, 0) is 0 Å². The van der Waals surface area contributed by atoms with Gasteiger partial charge in [0.15, 0.2) is 11.0 Å². The first-order chi connectivity index (χ1) is 5.70. The smallest absolute Gasteiger partial charge is 0.170 e. The fraction of sp³-hybridized carbons (Fsp3) is 0.125. The van der Waals surface area contributed by atoms with E-state index in [1.54, 1.807) is 6.20 Å². The van der Waals surface area contributed by atoms with Gasteiger partial charge in [0.2, 0.25) is 0 Å². The Morgan fingerprint density at radius 2 is 2.33 bits per heavy atom. The van der Waals surface area contributed by atoms with Gasteiger partial charge in [-0.2, -0.15) is 0 Å². The summed E-state index contributed by atoms with van der Waals surface area (Å²) in [6, 6.07) is 0. The maximum atomic E-state index is 13.3. The predicted molar refractivity (Wildman–Crippen MR) is 45.8 cm³/mol. The highest BCUT2D eigenvalue weighted by Crippen LogP contribution is 2.24. The van der Waals surface area contributed by atoms with Gasteiger partial charge in [-0.15, -0.1) is 0 Å². The van der Waals surface area contributed by atoms with Crippen molar-refractivity contribution >= 4 is 22.5 Å². The maximum absolute atomic E-state index is 13.3. The van der Waals surface area contributed by atoms with E-state index in [2.05, 4.69) is 9.97 Å². The number of rotatable bonds is 0. The van der Waals surface area contributed by atoms with E-state index in [4.69, 9.17) is 11.6 Å². The average Bonchev–Trinajstić information content (AvgIpc) is 2.41. The second kappa shape index (κ2) is 2.45. The number of nitrogens with one attached hydrogen (secondary N) is 1. The van der Waals surface area contributed by atoms with Crippen molar-refractivity contribution in [2.75, 3.05) is 0 Å². The van der Waals surface area contributed by atoms with Gasteiger partial charge >= 0.3 is 0 Å². The highest BCUT2D eigenvalue weighted by atomic mass is 35.5. The molecule has 2 nitrogen and oxygen atoms in total. The van der Waals surface area contributed by atoms with Gasteiger partial charge in [0.05, 0.1) is 11.7 Å². The Balaban J connectivity index is 2.96. The molecule has 0 spiro atoms. The zero-order chi connectivity index (χ0) is 8.72. The quantitative estimate of drug-likeness (QED) is 0.627. The van der Waals surface area contributed by atoms with Crippen molar-refractivity contribution < 1.29 is 4.39 Å². The summed E-state index contributed by atoms with van der Waals surface area (Å²) >= 11 is 5.52. The highest BCUT2D eigenvalue weighted by Gasteiger charge is 2.09. The molecule has 0 aromatic carbocycles. The zero-order valence-electron chi connectivity index (χ0n) is 6.36. The lowest BCUT2D eigenvalue weighted by molar-refractivity contribution is 0.634. The van der Waals surface area contributed by atoms with E-state index >= 15 is 0 Å². The number of aromatic nitrogens is 2. The third kappa shape index (κ3) is 0.898. The van der Waals surface area contributed by atoms with Crippen molar-refractivity contribution in [3.05, 3.63) is 28.9 Å². The molecule has 0 atom stereocenters. The number of pyridine rings is 1. The molecular formula is C8H6ClFN2. The van der Waals surface area contributed by atoms with E-state index in [1.807, 2.05) is 6.92 Å². The molecule has 0 unspecified atom stereocenters. The van der Waals surface area contributed by atoms with Crippen LogP contribution in [0.15, 0.2) is 12.4 Å². The lowest BCUT2D eigenvalue weighted by atomic mass is 10.2. The molecule has 0 saturated carbocycles. The number of nitrogens with zero attached hydrogens (tertiary/aromatic N) is 1. The first-order valence-electron chi connectivity index (χ1n) is 3.48. The van der Waals surface area contributed by atoms with Gasteiger partial charge in [-0.25, -0.2) is 9.37 Å². The van der Waals surface area contributed by atoms with Crippen LogP contribution in [0.25, 0.3) is 10.9 Å². The summed E-state index contributed by atoms with van der Waals surface area (Å²) < 4.78 is 13.3. The molecule has 0 fully saturated rings. The lowest BCUT2D eigenvalue weighted by Gasteiger charge is -1.95. The summed E-state index contributed by atoms with van der Waals surface area (Å²) in [5, 5.41) is 0.445. The molecular weight excluding hydrogens is 179 g/mol. The van der Waals surface area contributed by atoms with Crippen LogP contribution in [0.1, 0.15) is 5.56 Å². The van der Waals surface area contributed by atoms with Crippen LogP contribution >= 0.6 is 11.6 Å². The number of aromatic amines is 1. The normalized spacial score (nSPS) is 10.9. The van der Waals surface area contributed by atoms with Crippen LogP contribution in [0, 0.1) is 12.7 Å². The molecule has 0 aliphatic rings. The zero-order valence-corrected chi connectivity index (χ0v) is 7.11. The van der Waals surface area contributed by atoms with Crippen LogP contribution < -0.4 is 0 Å². The molecule has 0 aliphatic heterocycles. The molecule has 0 saturated heterocycles. The summed E-state index contributed by atoms with van der Waals surface area (Å²) in [6.07, 6.45) is 3.25. The second-order valence-corrected chi connectivity index (χ2v) is 2.98. The average molecular weight is 185 g/mol. The Morgan fingerprint density at radius 1 is 1.58 bits per heavy atom. The van der Waals surface area contributed by atoms with Crippen LogP contribution in [0.5, 0.6) is 0 Å². The molecule has 62 valence electrons. The molecule has 2 aromatic heterocycles. The van der Waals surface area contributed by atoms with Crippen molar-refractivity contribution in [1.82, 2.24) is 9.97 Å². The van der Waals surface area contributed by atoms with E-state index in [1.165, 1.54) is 6.20 Å². The second-order valence-electron chi connectivity index (χ2n) is 2.62. The highest BCUT2D eigenvalue weighted by molar-refractivity contribution is 6.30. The Labute approximate surface area is 73.4 Å². The SMILES string of the molecule is Cc1c[nH]c2cnc(Cl)c(F)c12. The van der Waals surface area contributed by atoms with E-state index in [0.29, 0.717) is 10.9 Å². The standard InChI is InChI=1S/C8H6ClFN2/c1-4-2-11-5-3-12-8(9)7(10)6(4)5/h2-3,11H,1H3. The van der Waals surface area contributed by atoms with Crippen molar-refractivity contribution in [1.29, 1.82) is 0 Å². The monoisotopic (exact) mass is 184 g/mol. The molecule has 4 heteroatoms. The van der Waals surface area contributed by atoms with E-state index in [-0.39, 0.29) is 5.15 Å². The van der Waals surface area contributed by atoms with E-state index < -0.39 is 5.82 Å². The third-order valence-corrected chi connectivity index (χ3v) is 2.08. The molecule has 2 aromatic rings. The fourth-order valence-electron chi connectivity index (χ4n) is 1.22. The van der Waals surface area contributed by atoms with Crippen molar-refractivity contribution in [2.45, 2.75) is 6.92 Å². The minimum atomic E-state index is -0.451. The van der Waals surface area contributed by atoms with Crippen molar-refractivity contribution in [3.8, 4) is 0 Å². The summed E-state index contributed by atoms with van der Waals surface area (Å²) in [4.78, 5) is 6.57. The number of halogens is 2. The molecule has 0 radical (unpaired) electrons. The van der Waals surface area contributed by atoms with Crippen LogP contribution in [0.3, 0.4) is 0 Å². The summed E-state index contributed by atoms with van der Waals surface area (Å²) in [7, 11) is 0. The molecule has 2 rings (SSSR count). The van der Waals surface area contributed by atoms with Gasteiger partial charge in [0.1, 0.15) is 0 Å². The minimum absolute atomic E-state index is 0.0785. The van der Waals surface area contributed by atoms with Gasteiger partial charge in [0, 0.05) is 11.6 Å². The summed E-state index contributed by atoms with van der Waals surface area (Å²) in [6.45, 7) is 1.82. The number of fused-ring (bicyclic) bond motifs is 1. The summed E-state index contributed by atoms with van der Waals surface area (Å²) in [5.74, 6) is -0.451. The number of hydrogen-bond donors (Lipinski definition) is 1. The molecule has 1 N–H and O–H groups in total. The Bertz CT molecular complexity index is 436. The summed E-state index contributed by atoms with van der Waals surface area (Å²) in [5.41, 5.74) is 1.52. The number of aryl methyl sites for hydroxylation is 1. The molecule has 0 bridgehead atoms. The van der Waals surface area contributed by atoms with Gasteiger partial charge in [-0.05, 0) is 12.5 Å². The van der Waals surface area contributed by atoms with Gasteiger partial charge < -0.3 is 4.98 Å². The number of H-pyrrole nitrogens is 1. The van der Waals surface area contributed by atoms with Crippen LogP contribution in [0.4, 0.5) is 4.39 Å². The van der Waals surface area contributed by atoms with Gasteiger partial charge in [0.25, 0.3) is 0 Å². The third-order valence-electron chi connectivity index (χ3n) is 1.82. The van der Waals surface area contributed by atoms with Crippen LogP contribution in [-0.4, -0.2) is 9.97 Å². The minimum Gasteiger partial charge on any atom is -0.360 e. The maximum Gasteiger partial charge on any atom is 0.170 e. The Hall–Kier alpha value is -1.09. The van der Waals surface area contributed by atoms with Gasteiger partial charge in [-0.3, -0.25) is 0 Å². The predicted octanol–water partition coefficient (Wildman–Crippen LogP) is 2.66. The van der Waals surface area contributed by atoms with E-state index in [0.717, 1.165) is 5.56 Å². The Kier molecular flexibility index (Phi) is 1.54. The Morgan fingerprint density at radius 3 is 3.08 bits per heavy atom.